The van der Waals surface area contributed by atoms with E-state index in [4.69, 9.17) is 0 Å². The van der Waals surface area contributed by atoms with Crippen molar-refractivity contribution < 1.29 is 14.2 Å². The van der Waals surface area contributed by atoms with E-state index in [0.29, 0.717) is 0 Å². The largest absolute Gasteiger partial charge is 0.320 e. The Labute approximate surface area is 55.3 Å². The topological polar surface area (TPSA) is 87.2 Å². The van der Waals surface area contributed by atoms with E-state index in [1.54, 1.807) is 7.05 Å². The fourth-order valence-electron chi connectivity index (χ4n) is 0.438. The molecular weight excluding hydrogens is 140 g/mol. The van der Waals surface area contributed by atoms with Crippen LogP contribution < -0.4 is 4.68 Å². The van der Waals surface area contributed by atoms with Crippen molar-refractivity contribution in [1.29, 1.82) is 0 Å². The minimum absolute atomic E-state index is 0.118. The Morgan fingerprint density at radius 3 is 3.10 bits per heavy atom. The second-order valence-electron chi connectivity index (χ2n) is 1.55. The summed E-state index contributed by atoms with van der Waals surface area (Å²) >= 11 is 0. The van der Waals surface area contributed by atoms with Crippen LogP contribution in [0.1, 0.15) is 0 Å². The monoisotopic (exact) mass is 144 g/mol. The Bertz CT molecular complexity index is 244. The predicted octanol–water partition coefficient (Wildman–Crippen LogP) is -0.304. The van der Waals surface area contributed by atoms with Crippen LogP contribution in [-0.2, 0) is 7.05 Å². The molecule has 7 nitrogen and oxygen atoms in total. The highest BCUT2D eigenvalue weighted by molar-refractivity contribution is 5.24. The van der Waals surface area contributed by atoms with Gasteiger partial charge in [0.05, 0.1) is 0 Å². The zero-order valence-corrected chi connectivity index (χ0v) is 5.09. The molecule has 0 saturated heterocycles. The van der Waals surface area contributed by atoms with Crippen LogP contribution >= 0.6 is 0 Å². The summed E-state index contributed by atoms with van der Waals surface area (Å²) < 4.78 is 5.66. The maximum Gasteiger partial charge on any atom is 0.226 e. The highest BCUT2D eigenvalue weighted by Gasteiger charge is 1.99. The Morgan fingerprint density at radius 2 is 2.70 bits per heavy atom. The van der Waals surface area contributed by atoms with Crippen LogP contribution in [0.15, 0.2) is 10.7 Å². The highest BCUT2D eigenvalue weighted by atomic mass is 16.7. The van der Waals surface area contributed by atoms with E-state index >= 15 is 0 Å². The predicted molar refractivity (Wildman–Crippen MR) is 27.7 cm³/mol. The normalized spacial score (nSPS) is 9.30. The molecule has 0 aliphatic heterocycles. The van der Waals surface area contributed by atoms with Crippen molar-refractivity contribution in [2.75, 3.05) is 0 Å². The molecule has 0 aliphatic rings. The summed E-state index contributed by atoms with van der Waals surface area (Å²) in [5.74, 6) is -0.118. The van der Waals surface area contributed by atoms with Crippen molar-refractivity contribution in [3.63, 3.8) is 0 Å². The molecule has 1 aromatic heterocycles. The standard InChI is InChI=1S/C3H4N4O3/c1-6-2-3(10-5-6)4-7(8)9/h2H,1H3. The Kier molecular flexibility index (Phi) is 1.48. The zero-order valence-electron chi connectivity index (χ0n) is 5.09. The number of aromatic nitrogens is 2. The minimum atomic E-state index is -0.847. The first-order valence-electron chi connectivity index (χ1n) is 2.37. The van der Waals surface area contributed by atoms with E-state index in [1.165, 1.54) is 10.9 Å². The molecule has 0 aromatic carbocycles. The Balaban J connectivity index is 2.67. The average Bonchev–Trinajstić information content (AvgIpc) is 2.13. The van der Waals surface area contributed by atoms with Crippen molar-refractivity contribution in [2.24, 2.45) is 7.05 Å². The maximum absolute atomic E-state index is 9.72. The average molecular weight is 144 g/mol. The van der Waals surface area contributed by atoms with E-state index in [9.17, 15) is 10.1 Å². The van der Waals surface area contributed by atoms with Crippen LogP contribution in [0.4, 0.5) is 5.88 Å². The molecule has 54 valence electrons. The van der Waals surface area contributed by atoms with Gasteiger partial charge in [-0.05, 0) is 5.03 Å². The van der Waals surface area contributed by atoms with E-state index in [-0.39, 0.29) is 5.88 Å². The molecule has 10 heavy (non-hydrogen) atoms. The molecule has 0 saturated carbocycles. The van der Waals surface area contributed by atoms with Crippen LogP contribution in [0, 0.1) is 10.1 Å². The zero-order chi connectivity index (χ0) is 7.56. The van der Waals surface area contributed by atoms with E-state index in [0.717, 1.165) is 0 Å². The quantitative estimate of drug-likeness (QED) is 0.323. The summed E-state index contributed by atoms with van der Waals surface area (Å²) in [5, 5.41) is 12.2. The summed E-state index contributed by atoms with van der Waals surface area (Å²) in [5.41, 5.74) is 2.85. The lowest BCUT2D eigenvalue weighted by atomic mass is 10.8. The first kappa shape index (κ1) is 6.46. The van der Waals surface area contributed by atoms with Crippen LogP contribution in [-0.4, -0.2) is 10.3 Å². The van der Waals surface area contributed by atoms with Gasteiger partial charge in [-0.3, -0.25) is 10.1 Å². The molecule has 1 rings (SSSR count). The van der Waals surface area contributed by atoms with Crippen molar-refractivity contribution in [3.05, 3.63) is 21.7 Å². The van der Waals surface area contributed by atoms with Gasteiger partial charge in [0.1, 0.15) is 0 Å². The summed E-state index contributed by atoms with van der Waals surface area (Å²) in [6.07, 6.45) is 1.29. The van der Waals surface area contributed by atoms with E-state index in [1.807, 2.05) is 0 Å². The third-order valence-electron chi connectivity index (χ3n) is 0.741. The molecule has 0 unspecified atom stereocenters. The van der Waals surface area contributed by atoms with Gasteiger partial charge in [0.15, 0.2) is 18.2 Å². The number of hydrogen-bond donors (Lipinski definition) is 0. The first-order chi connectivity index (χ1) is 4.68. The Morgan fingerprint density at radius 1 is 2.00 bits per heavy atom. The lowest BCUT2D eigenvalue weighted by Gasteiger charge is -1.97. The molecule has 0 aliphatic carbocycles. The molecule has 0 amide bonds. The van der Waals surface area contributed by atoms with Crippen molar-refractivity contribution >= 4 is 5.88 Å². The fraction of sp³-hybridized carbons (Fsp3) is 0.333. The molecule has 1 aromatic rings. The van der Waals surface area contributed by atoms with Crippen LogP contribution in [0.2, 0.25) is 0 Å². The molecule has 1 heterocycles. The highest BCUT2D eigenvalue weighted by Crippen LogP contribution is 2.11. The molecule has 0 atom stereocenters. The summed E-state index contributed by atoms with van der Waals surface area (Å²) in [6.45, 7) is 0. The van der Waals surface area contributed by atoms with Gasteiger partial charge in [-0.25, -0.2) is 0 Å². The maximum atomic E-state index is 9.72. The number of aryl methyl sites for hydroxylation is 1. The lowest BCUT2D eigenvalue weighted by Crippen LogP contribution is -2.27. The number of hydrogen-bond acceptors (Lipinski definition) is 4. The van der Waals surface area contributed by atoms with Gasteiger partial charge < -0.3 is 9.95 Å². The minimum Gasteiger partial charge on any atom is -0.320 e. The molecule has 7 heteroatoms. The van der Waals surface area contributed by atoms with Gasteiger partial charge in [0.2, 0.25) is 6.20 Å². The Hall–Kier alpha value is -1.66. The van der Waals surface area contributed by atoms with Crippen molar-refractivity contribution in [3.8, 4) is 0 Å². The number of nitrogens with zero attached hydrogens (tertiary/aromatic N) is 4. The van der Waals surface area contributed by atoms with E-state index in [2.05, 4.69) is 15.2 Å². The molecule has 0 N–H and O–H groups in total. The van der Waals surface area contributed by atoms with E-state index < -0.39 is 5.03 Å². The van der Waals surface area contributed by atoms with Gasteiger partial charge >= 0.3 is 0 Å². The van der Waals surface area contributed by atoms with Gasteiger partial charge in [0, 0.05) is 0 Å². The molecule has 0 fully saturated rings. The smallest absolute Gasteiger partial charge is 0.226 e. The third kappa shape index (κ3) is 1.41. The second-order valence-corrected chi connectivity index (χ2v) is 1.55. The van der Waals surface area contributed by atoms with Gasteiger partial charge in [-0.1, -0.05) is 4.68 Å². The lowest BCUT2D eigenvalue weighted by molar-refractivity contribution is -0.739. The summed E-state index contributed by atoms with van der Waals surface area (Å²) in [4.78, 5) is 9.72. The fourth-order valence-corrected chi connectivity index (χ4v) is 0.438. The second kappa shape index (κ2) is 2.29. The van der Waals surface area contributed by atoms with Crippen molar-refractivity contribution in [1.82, 2.24) is 5.27 Å². The SMILES string of the molecule is C[n+]1cc([N-][N+](=O)[O-])on1. The van der Waals surface area contributed by atoms with Gasteiger partial charge in [-0.2, -0.15) is 0 Å². The molecule has 0 spiro atoms. The molecule has 0 radical (unpaired) electrons. The molecule has 0 bridgehead atoms. The summed E-state index contributed by atoms with van der Waals surface area (Å²) in [7, 11) is 1.57. The van der Waals surface area contributed by atoms with Crippen LogP contribution in [0.3, 0.4) is 0 Å². The van der Waals surface area contributed by atoms with Crippen molar-refractivity contribution in [2.45, 2.75) is 0 Å². The van der Waals surface area contributed by atoms with Crippen LogP contribution in [0.25, 0.3) is 5.43 Å². The van der Waals surface area contributed by atoms with Gasteiger partial charge in [-0.15, -0.1) is 0 Å². The third-order valence-corrected chi connectivity index (χ3v) is 0.741. The summed E-state index contributed by atoms with van der Waals surface area (Å²) in [6, 6.07) is 0. The first-order valence-corrected chi connectivity index (χ1v) is 2.37. The number of nitro groups is 1. The van der Waals surface area contributed by atoms with Crippen LogP contribution in [0.5, 0.6) is 0 Å². The van der Waals surface area contributed by atoms with Gasteiger partial charge in [0.25, 0.3) is 0 Å². The number of rotatable bonds is 2. The molecular formula is C3H4N4O3.